The second-order valence-electron chi connectivity index (χ2n) is 10.5. The molecule has 2 amide bonds. The first-order valence-electron chi connectivity index (χ1n) is 15.1. The third-order valence-corrected chi connectivity index (χ3v) is 8.02. The van der Waals surface area contributed by atoms with E-state index < -0.39 is 15.9 Å². The predicted octanol–water partition coefficient (Wildman–Crippen LogP) is 7.69. The van der Waals surface area contributed by atoms with Gasteiger partial charge in [-0.2, -0.15) is 0 Å². The smallest absolute Gasteiger partial charge is 0.264 e. The molecule has 0 aromatic heterocycles. The van der Waals surface area contributed by atoms with Crippen molar-refractivity contribution in [3.05, 3.63) is 48.5 Å². The molecule has 0 aliphatic heterocycles. The van der Waals surface area contributed by atoms with Crippen molar-refractivity contribution >= 4 is 33.2 Å². The van der Waals surface area contributed by atoms with Gasteiger partial charge in [-0.1, -0.05) is 96.8 Å². The van der Waals surface area contributed by atoms with Crippen molar-refractivity contribution in [1.29, 1.82) is 0 Å². The average Bonchev–Trinajstić information content (AvgIpc) is 2.92. The molecule has 0 saturated carbocycles. The minimum Gasteiger partial charge on any atom is -0.508 e. The highest BCUT2D eigenvalue weighted by molar-refractivity contribution is 7.90. The molecule has 0 aliphatic rings. The van der Waals surface area contributed by atoms with Gasteiger partial charge in [0.05, 0.1) is 4.90 Å². The number of nitrogen functional groups attached to an aromatic ring is 1. The van der Waals surface area contributed by atoms with Gasteiger partial charge in [0.1, 0.15) is 5.75 Å². The molecule has 8 nitrogen and oxygen atoms in total. The van der Waals surface area contributed by atoms with Crippen molar-refractivity contribution in [2.24, 2.45) is 0 Å². The van der Waals surface area contributed by atoms with Gasteiger partial charge in [0.2, 0.25) is 11.8 Å². The number of rotatable bonds is 19. The van der Waals surface area contributed by atoms with E-state index in [0.717, 1.165) is 19.3 Å². The van der Waals surface area contributed by atoms with Crippen molar-refractivity contribution in [3.63, 3.8) is 0 Å². The number of phenolic OH excluding ortho intramolecular Hbond substituents is 1. The van der Waals surface area contributed by atoms with Gasteiger partial charge in [0, 0.05) is 24.7 Å². The summed E-state index contributed by atoms with van der Waals surface area (Å²) in [6.07, 6.45) is 19.2. The minimum absolute atomic E-state index is 0.0570. The molecule has 230 valence electrons. The fourth-order valence-corrected chi connectivity index (χ4v) is 5.33. The Morgan fingerprint density at radius 3 is 1.59 bits per heavy atom. The molecule has 0 saturated heterocycles. The number of carbonyl (C=O) groups excluding carboxylic acids is 2. The lowest BCUT2D eigenvalue weighted by atomic mass is 10.0. The van der Waals surface area contributed by atoms with E-state index in [2.05, 4.69) is 17.0 Å². The molecule has 2 aromatic rings. The van der Waals surface area contributed by atoms with E-state index in [1.54, 1.807) is 12.1 Å². The summed E-state index contributed by atoms with van der Waals surface area (Å²) in [7, 11) is -3.80. The number of hydrogen-bond donors (Lipinski definition) is 4. The third kappa shape index (κ3) is 18.8. The van der Waals surface area contributed by atoms with Gasteiger partial charge in [-0.25, -0.2) is 13.1 Å². The maximum atomic E-state index is 12.1. The lowest BCUT2D eigenvalue weighted by Gasteiger charge is -2.07. The number of unbranched alkanes of at least 4 members (excludes halogenated alkanes) is 14. The van der Waals surface area contributed by atoms with Crippen molar-refractivity contribution in [1.82, 2.24) is 4.72 Å². The van der Waals surface area contributed by atoms with E-state index in [1.165, 1.54) is 120 Å². The second-order valence-corrected chi connectivity index (χ2v) is 12.2. The summed E-state index contributed by atoms with van der Waals surface area (Å²) in [6.45, 7) is 3.70. The van der Waals surface area contributed by atoms with E-state index in [-0.39, 0.29) is 23.0 Å². The van der Waals surface area contributed by atoms with Crippen LogP contribution in [-0.2, 0) is 19.6 Å². The van der Waals surface area contributed by atoms with Crippen LogP contribution in [0.25, 0.3) is 0 Å². The second kappa shape index (κ2) is 21.6. The molecule has 0 unspecified atom stereocenters. The van der Waals surface area contributed by atoms with Crippen LogP contribution in [0.1, 0.15) is 117 Å². The predicted molar refractivity (Wildman–Crippen MR) is 168 cm³/mol. The van der Waals surface area contributed by atoms with Crippen LogP contribution in [0.15, 0.2) is 53.4 Å². The Morgan fingerprint density at radius 1 is 0.707 bits per heavy atom. The monoisotopic (exact) mass is 589 g/mol. The molecule has 0 spiro atoms. The van der Waals surface area contributed by atoms with Crippen LogP contribution >= 0.6 is 0 Å². The number of hydrogen-bond acceptors (Lipinski definition) is 6. The van der Waals surface area contributed by atoms with Gasteiger partial charge < -0.3 is 16.2 Å². The summed E-state index contributed by atoms with van der Waals surface area (Å²) < 4.78 is 26.4. The van der Waals surface area contributed by atoms with Gasteiger partial charge in [0.25, 0.3) is 10.0 Å². The number of anilines is 2. The summed E-state index contributed by atoms with van der Waals surface area (Å²) in [5, 5.41) is 11.5. The van der Waals surface area contributed by atoms with E-state index in [0.29, 0.717) is 11.4 Å². The number of benzene rings is 2. The molecule has 0 fully saturated rings. The molecule has 9 heteroatoms. The number of carbonyl (C=O) groups is 2. The fourth-order valence-electron chi connectivity index (χ4n) is 4.31. The number of phenols is 1. The van der Waals surface area contributed by atoms with E-state index in [4.69, 9.17) is 10.8 Å². The Morgan fingerprint density at radius 2 is 1.15 bits per heavy atom. The zero-order valence-electron chi connectivity index (χ0n) is 25.0. The minimum atomic E-state index is -3.80. The van der Waals surface area contributed by atoms with Crippen molar-refractivity contribution in [2.75, 3.05) is 11.1 Å². The van der Waals surface area contributed by atoms with Gasteiger partial charge in [0.15, 0.2) is 0 Å². The molecule has 2 aromatic carbocycles. The van der Waals surface area contributed by atoms with Crippen molar-refractivity contribution < 1.29 is 23.1 Å². The van der Waals surface area contributed by atoms with Crippen LogP contribution in [0.3, 0.4) is 0 Å². The lowest BCUT2D eigenvalue weighted by molar-refractivity contribution is -0.119. The summed E-state index contributed by atoms with van der Waals surface area (Å²) >= 11 is 0. The molecule has 2 rings (SSSR count). The Hall–Kier alpha value is -3.07. The van der Waals surface area contributed by atoms with Gasteiger partial charge >= 0.3 is 0 Å². The Kier molecular flexibility index (Phi) is 19.0. The molecular weight excluding hydrogens is 538 g/mol. The van der Waals surface area contributed by atoms with Crippen LogP contribution < -0.4 is 15.8 Å². The van der Waals surface area contributed by atoms with Gasteiger partial charge in [-0.05, 0) is 55.0 Å². The largest absolute Gasteiger partial charge is 0.508 e. The molecule has 41 heavy (non-hydrogen) atoms. The first kappa shape index (κ1) is 36.0. The van der Waals surface area contributed by atoms with E-state index in [1.807, 2.05) is 0 Å². The van der Waals surface area contributed by atoms with Crippen LogP contribution in [-0.4, -0.2) is 25.3 Å². The van der Waals surface area contributed by atoms with Crippen molar-refractivity contribution in [2.45, 2.75) is 121 Å². The zero-order valence-corrected chi connectivity index (χ0v) is 25.8. The maximum Gasteiger partial charge on any atom is 0.264 e. The fraction of sp³-hybridized carbons (Fsp3) is 0.562. The number of amides is 2. The normalized spacial score (nSPS) is 10.9. The van der Waals surface area contributed by atoms with Crippen LogP contribution in [0.2, 0.25) is 0 Å². The first-order chi connectivity index (χ1) is 19.6. The number of aromatic hydroxyl groups is 1. The van der Waals surface area contributed by atoms with Crippen LogP contribution in [0.4, 0.5) is 11.4 Å². The quantitative estimate of drug-likeness (QED) is 0.0753. The summed E-state index contributed by atoms with van der Waals surface area (Å²) in [4.78, 5) is 22.5. The third-order valence-electron chi connectivity index (χ3n) is 6.63. The molecule has 0 radical (unpaired) electrons. The zero-order chi connectivity index (χ0) is 30.3. The molecule has 0 bridgehead atoms. The van der Waals surface area contributed by atoms with E-state index >= 15 is 0 Å². The Labute approximate surface area is 247 Å². The van der Waals surface area contributed by atoms with Crippen LogP contribution in [0.5, 0.6) is 5.75 Å². The number of nitrogens with two attached hydrogens (primary N) is 1. The highest BCUT2D eigenvalue weighted by Gasteiger charge is 2.16. The van der Waals surface area contributed by atoms with Gasteiger partial charge in [-0.15, -0.1) is 0 Å². The highest BCUT2D eigenvalue weighted by atomic mass is 32.2. The standard InChI is InChI=1S/C24H42N2O3S.C8H9NO2/c1-2-3-4-5-6-7-8-9-10-11-12-13-14-15-16-17-24(27)26-30(28,29)23-20-18-22(25)19-21-23;1-6(10)9-7-2-4-8(11)5-3-7/h18-21H,2-17,25H2,1H3,(H,26,27);2-5,11H,1H3,(H,9,10). The Bertz CT molecular complexity index is 1090. The Balaban J connectivity index is 0.000000634. The molecular formula is C32H51N3O5S. The van der Waals surface area contributed by atoms with E-state index in [9.17, 15) is 18.0 Å². The lowest BCUT2D eigenvalue weighted by Crippen LogP contribution is -2.30. The topological polar surface area (TPSA) is 139 Å². The molecule has 0 atom stereocenters. The van der Waals surface area contributed by atoms with Gasteiger partial charge in [-0.3, -0.25) is 9.59 Å². The summed E-state index contributed by atoms with van der Waals surface area (Å²) in [6, 6.07) is 12.1. The maximum absolute atomic E-state index is 12.1. The average molecular weight is 590 g/mol. The first-order valence-corrected chi connectivity index (χ1v) is 16.6. The summed E-state index contributed by atoms with van der Waals surface area (Å²) in [5.41, 5.74) is 6.73. The molecule has 5 N–H and O–H groups in total. The number of nitrogens with one attached hydrogen (secondary N) is 2. The number of sulfonamides is 1. The van der Waals surface area contributed by atoms with Crippen molar-refractivity contribution in [3.8, 4) is 5.75 Å². The molecule has 0 aliphatic carbocycles. The molecule has 0 heterocycles. The van der Waals surface area contributed by atoms with Crippen LogP contribution in [0, 0.1) is 0 Å². The SMILES string of the molecule is CC(=O)Nc1ccc(O)cc1.CCCCCCCCCCCCCCCCCC(=O)NS(=O)(=O)c1ccc(N)cc1. The summed E-state index contributed by atoms with van der Waals surface area (Å²) in [5.74, 6) is -0.365. The highest BCUT2D eigenvalue weighted by Crippen LogP contribution is 2.15.